The van der Waals surface area contributed by atoms with E-state index in [4.69, 9.17) is 0 Å². The lowest BCUT2D eigenvalue weighted by Gasteiger charge is -2.25. The van der Waals surface area contributed by atoms with E-state index in [1.54, 1.807) is 0 Å². The van der Waals surface area contributed by atoms with Crippen molar-refractivity contribution < 1.29 is 9.90 Å². The molecule has 1 aliphatic carbocycles. The molecule has 2 unspecified atom stereocenters. The summed E-state index contributed by atoms with van der Waals surface area (Å²) in [6, 6.07) is 0. The SMILES string of the molecule is CCCCC(=O)NCC1CCCC(O)C1. The molecule has 1 fully saturated rings. The number of unbranched alkanes of at least 4 members (excludes halogenated alkanes) is 1. The standard InChI is InChI=1S/C12H23NO2/c1-2-3-7-12(15)13-9-10-5-4-6-11(14)8-10/h10-11,14H,2-9H2,1H3,(H,13,15). The maximum Gasteiger partial charge on any atom is 0.220 e. The second kappa shape index (κ2) is 6.83. The summed E-state index contributed by atoms with van der Waals surface area (Å²) < 4.78 is 0. The Morgan fingerprint density at radius 3 is 2.93 bits per heavy atom. The van der Waals surface area contributed by atoms with Crippen molar-refractivity contribution in [3.63, 3.8) is 0 Å². The highest BCUT2D eigenvalue weighted by atomic mass is 16.3. The van der Waals surface area contributed by atoms with Crippen molar-refractivity contribution in [1.29, 1.82) is 0 Å². The third-order valence-corrected chi connectivity index (χ3v) is 3.10. The molecule has 88 valence electrons. The van der Waals surface area contributed by atoms with E-state index in [-0.39, 0.29) is 12.0 Å². The number of hydrogen-bond donors (Lipinski definition) is 2. The molecule has 0 aromatic rings. The van der Waals surface area contributed by atoms with E-state index in [1.165, 1.54) is 0 Å². The summed E-state index contributed by atoms with van der Waals surface area (Å²) >= 11 is 0. The Morgan fingerprint density at radius 2 is 2.27 bits per heavy atom. The van der Waals surface area contributed by atoms with Crippen molar-refractivity contribution in [2.75, 3.05) is 6.54 Å². The van der Waals surface area contributed by atoms with Gasteiger partial charge in [0.05, 0.1) is 6.10 Å². The van der Waals surface area contributed by atoms with E-state index in [0.29, 0.717) is 12.3 Å². The van der Waals surface area contributed by atoms with Crippen LogP contribution in [0.15, 0.2) is 0 Å². The van der Waals surface area contributed by atoms with Crippen LogP contribution in [0.5, 0.6) is 0 Å². The number of hydrogen-bond acceptors (Lipinski definition) is 2. The van der Waals surface area contributed by atoms with Gasteiger partial charge >= 0.3 is 0 Å². The number of aliphatic hydroxyl groups is 1. The summed E-state index contributed by atoms with van der Waals surface area (Å²) in [6.45, 7) is 2.84. The Morgan fingerprint density at radius 1 is 1.47 bits per heavy atom. The maximum absolute atomic E-state index is 11.4. The monoisotopic (exact) mass is 213 g/mol. The van der Waals surface area contributed by atoms with Gasteiger partial charge in [-0.25, -0.2) is 0 Å². The fourth-order valence-corrected chi connectivity index (χ4v) is 2.13. The van der Waals surface area contributed by atoms with Gasteiger partial charge in [-0.15, -0.1) is 0 Å². The van der Waals surface area contributed by atoms with Crippen LogP contribution < -0.4 is 5.32 Å². The van der Waals surface area contributed by atoms with Gasteiger partial charge in [-0.2, -0.15) is 0 Å². The van der Waals surface area contributed by atoms with Gasteiger partial charge in [-0.05, 0) is 31.6 Å². The molecular formula is C12H23NO2. The number of rotatable bonds is 5. The van der Waals surface area contributed by atoms with Crippen LogP contribution in [-0.2, 0) is 4.79 Å². The molecule has 15 heavy (non-hydrogen) atoms. The molecule has 0 saturated heterocycles. The minimum absolute atomic E-state index is 0.142. The Bertz CT molecular complexity index is 194. The first kappa shape index (κ1) is 12.5. The van der Waals surface area contributed by atoms with Crippen LogP contribution in [0.25, 0.3) is 0 Å². The minimum atomic E-state index is -0.142. The fraction of sp³-hybridized carbons (Fsp3) is 0.917. The topological polar surface area (TPSA) is 49.3 Å². The molecule has 2 N–H and O–H groups in total. The lowest BCUT2D eigenvalue weighted by Crippen LogP contribution is -2.32. The third-order valence-electron chi connectivity index (χ3n) is 3.10. The molecule has 1 saturated carbocycles. The molecule has 0 aromatic heterocycles. The molecule has 0 heterocycles. The van der Waals surface area contributed by atoms with Crippen LogP contribution in [0, 0.1) is 5.92 Å². The normalized spacial score (nSPS) is 26.3. The Balaban J connectivity index is 2.10. The molecular weight excluding hydrogens is 190 g/mol. The molecule has 1 rings (SSSR count). The van der Waals surface area contributed by atoms with Gasteiger partial charge in [-0.3, -0.25) is 4.79 Å². The first-order chi connectivity index (χ1) is 7.22. The predicted octanol–water partition coefficient (Wildman–Crippen LogP) is 1.84. The van der Waals surface area contributed by atoms with E-state index in [1.807, 2.05) is 0 Å². The van der Waals surface area contributed by atoms with Crippen molar-refractivity contribution >= 4 is 5.91 Å². The van der Waals surface area contributed by atoms with Gasteiger partial charge in [0.25, 0.3) is 0 Å². The number of carbonyl (C=O) groups is 1. The van der Waals surface area contributed by atoms with Crippen molar-refractivity contribution in [1.82, 2.24) is 5.32 Å². The highest BCUT2D eigenvalue weighted by Gasteiger charge is 2.20. The third kappa shape index (κ3) is 5.17. The second-order valence-electron chi connectivity index (χ2n) is 4.59. The van der Waals surface area contributed by atoms with Crippen LogP contribution >= 0.6 is 0 Å². The smallest absolute Gasteiger partial charge is 0.220 e. The highest BCUT2D eigenvalue weighted by molar-refractivity contribution is 5.75. The molecule has 0 spiro atoms. The fourth-order valence-electron chi connectivity index (χ4n) is 2.13. The van der Waals surface area contributed by atoms with E-state index in [2.05, 4.69) is 12.2 Å². The molecule has 0 radical (unpaired) electrons. The summed E-state index contributed by atoms with van der Waals surface area (Å²) in [5.41, 5.74) is 0. The first-order valence-electron chi connectivity index (χ1n) is 6.17. The lowest BCUT2D eigenvalue weighted by atomic mass is 9.87. The zero-order valence-corrected chi connectivity index (χ0v) is 9.67. The van der Waals surface area contributed by atoms with Crippen molar-refractivity contribution in [3.05, 3.63) is 0 Å². The van der Waals surface area contributed by atoms with Crippen molar-refractivity contribution in [3.8, 4) is 0 Å². The lowest BCUT2D eigenvalue weighted by molar-refractivity contribution is -0.121. The van der Waals surface area contributed by atoms with Crippen LogP contribution in [0.2, 0.25) is 0 Å². The first-order valence-corrected chi connectivity index (χ1v) is 6.17. The highest BCUT2D eigenvalue weighted by Crippen LogP contribution is 2.23. The van der Waals surface area contributed by atoms with Crippen LogP contribution in [0.3, 0.4) is 0 Å². The molecule has 0 aliphatic heterocycles. The number of aliphatic hydroxyl groups excluding tert-OH is 1. The number of carbonyl (C=O) groups excluding carboxylic acids is 1. The van der Waals surface area contributed by atoms with Gasteiger partial charge in [0.2, 0.25) is 5.91 Å². The van der Waals surface area contributed by atoms with Crippen LogP contribution in [0.1, 0.15) is 51.9 Å². The quantitative estimate of drug-likeness (QED) is 0.732. The summed E-state index contributed by atoms with van der Waals surface area (Å²) in [4.78, 5) is 11.4. The van der Waals surface area contributed by atoms with E-state index < -0.39 is 0 Å². The van der Waals surface area contributed by atoms with Gasteiger partial charge < -0.3 is 10.4 Å². The number of amides is 1. The maximum atomic E-state index is 11.4. The Labute approximate surface area is 92.3 Å². The second-order valence-corrected chi connectivity index (χ2v) is 4.59. The van der Waals surface area contributed by atoms with E-state index >= 15 is 0 Å². The predicted molar refractivity (Wildman–Crippen MR) is 60.5 cm³/mol. The molecule has 0 bridgehead atoms. The molecule has 3 heteroatoms. The van der Waals surface area contributed by atoms with Crippen molar-refractivity contribution in [2.45, 2.75) is 58.0 Å². The molecule has 0 aromatic carbocycles. The molecule has 1 amide bonds. The van der Waals surface area contributed by atoms with Crippen LogP contribution in [-0.4, -0.2) is 23.7 Å². The average molecular weight is 213 g/mol. The van der Waals surface area contributed by atoms with Gasteiger partial charge in [0.15, 0.2) is 0 Å². The summed E-state index contributed by atoms with van der Waals surface area (Å²) in [7, 11) is 0. The van der Waals surface area contributed by atoms with Crippen LogP contribution in [0.4, 0.5) is 0 Å². The number of nitrogens with one attached hydrogen (secondary N) is 1. The van der Waals surface area contributed by atoms with Gasteiger partial charge in [0, 0.05) is 13.0 Å². The zero-order chi connectivity index (χ0) is 11.1. The molecule has 3 nitrogen and oxygen atoms in total. The summed E-state index contributed by atoms with van der Waals surface area (Å²) in [5, 5.41) is 12.4. The molecule has 2 atom stereocenters. The Hall–Kier alpha value is -0.570. The minimum Gasteiger partial charge on any atom is -0.393 e. The van der Waals surface area contributed by atoms with E-state index in [9.17, 15) is 9.90 Å². The molecule has 1 aliphatic rings. The van der Waals surface area contributed by atoms with Gasteiger partial charge in [0.1, 0.15) is 0 Å². The van der Waals surface area contributed by atoms with Gasteiger partial charge in [-0.1, -0.05) is 19.8 Å². The largest absolute Gasteiger partial charge is 0.393 e. The van der Waals surface area contributed by atoms with E-state index in [0.717, 1.165) is 45.1 Å². The summed E-state index contributed by atoms with van der Waals surface area (Å²) in [6.07, 6.45) is 6.56. The zero-order valence-electron chi connectivity index (χ0n) is 9.67. The van der Waals surface area contributed by atoms with Crippen molar-refractivity contribution in [2.24, 2.45) is 5.92 Å². The Kier molecular flexibility index (Phi) is 5.69. The average Bonchev–Trinajstić information content (AvgIpc) is 2.23. The summed E-state index contributed by atoms with van der Waals surface area (Å²) in [5.74, 6) is 0.649.